The fourth-order valence-electron chi connectivity index (χ4n) is 3.24. The van der Waals surface area contributed by atoms with Crippen LogP contribution >= 0.6 is 0 Å². The Morgan fingerprint density at radius 3 is 2.37 bits per heavy atom. The molecule has 0 unspecified atom stereocenters. The van der Waals surface area contributed by atoms with E-state index >= 15 is 0 Å². The van der Waals surface area contributed by atoms with Gasteiger partial charge in [0.2, 0.25) is 12.4 Å². The number of rotatable bonds is 6. The van der Waals surface area contributed by atoms with E-state index in [9.17, 15) is 9.59 Å². The molecule has 1 aromatic carbocycles. The van der Waals surface area contributed by atoms with Crippen LogP contribution < -0.4 is 10.2 Å². The van der Waals surface area contributed by atoms with Gasteiger partial charge in [-0.15, -0.1) is 0 Å². The van der Waals surface area contributed by atoms with Gasteiger partial charge in [0, 0.05) is 38.1 Å². The van der Waals surface area contributed by atoms with Crippen LogP contribution in [-0.4, -0.2) is 53.4 Å². The van der Waals surface area contributed by atoms with Gasteiger partial charge in [-0.1, -0.05) is 32.0 Å². The van der Waals surface area contributed by atoms with Crippen LogP contribution in [0.1, 0.15) is 35.5 Å². The van der Waals surface area contributed by atoms with E-state index in [0.717, 1.165) is 36.1 Å². The molecule has 2 aromatic rings. The average molecular weight is 367 g/mol. The van der Waals surface area contributed by atoms with Crippen molar-refractivity contribution in [1.82, 2.24) is 14.9 Å². The maximum atomic E-state index is 12.8. The van der Waals surface area contributed by atoms with E-state index < -0.39 is 0 Å². The minimum Gasteiger partial charge on any atom is -0.342 e. The lowest BCUT2D eigenvalue weighted by Crippen LogP contribution is -2.46. The molecule has 7 nitrogen and oxygen atoms in total. The molecule has 0 saturated carbocycles. The Kier molecular flexibility index (Phi) is 6.01. The van der Waals surface area contributed by atoms with Crippen LogP contribution in [0.4, 0.5) is 11.6 Å². The van der Waals surface area contributed by atoms with Crippen LogP contribution in [0.5, 0.6) is 0 Å². The second-order valence-corrected chi connectivity index (χ2v) is 6.48. The minimum atomic E-state index is -0.235. The predicted molar refractivity (Wildman–Crippen MR) is 105 cm³/mol. The van der Waals surface area contributed by atoms with Crippen LogP contribution in [0, 0.1) is 0 Å². The largest absolute Gasteiger partial charge is 0.342 e. The van der Waals surface area contributed by atoms with Gasteiger partial charge in [0.05, 0.1) is 0 Å². The number of anilines is 2. The van der Waals surface area contributed by atoms with E-state index in [0.29, 0.717) is 37.8 Å². The monoisotopic (exact) mass is 367 g/mol. The molecule has 7 heteroatoms. The average Bonchev–Trinajstić information content (AvgIpc) is 2.74. The molecular weight excluding hydrogens is 342 g/mol. The molecule has 3 rings (SSSR count). The zero-order valence-electron chi connectivity index (χ0n) is 15.8. The van der Waals surface area contributed by atoms with Crippen molar-refractivity contribution >= 4 is 24.0 Å². The maximum Gasteiger partial charge on any atom is 0.274 e. The summed E-state index contributed by atoms with van der Waals surface area (Å²) in [6.07, 6.45) is 4.16. The molecule has 1 N–H and O–H groups in total. The van der Waals surface area contributed by atoms with Gasteiger partial charge < -0.3 is 15.1 Å². The number of para-hydroxylation sites is 1. The van der Waals surface area contributed by atoms with Gasteiger partial charge in [0.1, 0.15) is 5.69 Å². The molecule has 27 heavy (non-hydrogen) atoms. The molecule has 2 heterocycles. The highest BCUT2D eigenvalue weighted by Crippen LogP contribution is 2.23. The highest BCUT2D eigenvalue weighted by molar-refractivity contribution is 6.03. The number of hydrogen-bond donors (Lipinski definition) is 1. The molecular formula is C20H25N5O2. The maximum absolute atomic E-state index is 12.8. The fourth-order valence-corrected chi connectivity index (χ4v) is 3.24. The van der Waals surface area contributed by atoms with Gasteiger partial charge in [-0.3, -0.25) is 9.59 Å². The van der Waals surface area contributed by atoms with E-state index in [2.05, 4.69) is 29.1 Å². The lowest BCUT2D eigenvalue weighted by molar-refractivity contribution is -0.118. The smallest absolute Gasteiger partial charge is 0.274 e. The number of nitrogens with one attached hydrogen (secondary N) is 1. The number of carbonyl (C=O) groups is 2. The standard InChI is InChI=1S/C20H25N5O2/c1-3-15-6-5-7-16(4-2)18(15)23-19(27)17-8-9-21-20(22-17)25-12-10-24(14-26)11-13-25/h5-9,14H,3-4,10-13H2,1-2H3,(H,23,27). The van der Waals surface area contributed by atoms with Crippen molar-refractivity contribution in [2.24, 2.45) is 0 Å². The highest BCUT2D eigenvalue weighted by Gasteiger charge is 2.19. The summed E-state index contributed by atoms with van der Waals surface area (Å²) in [7, 11) is 0. The Morgan fingerprint density at radius 2 is 1.78 bits per heavy atom. The van der Waals surface area contributed by atoms with Gasteiger partial charge in [-0.05, 0) is 30.0 Å². The summed E-state index contributed by atoms with van der Waals surface area (Å²) < 4.78 is 0. The number of amides is 2. The summed E-state index contributed by atoms with van der Waals surface area (Å²) in [6.45, 7) is 6.73. The van der Waals surface area contributed by atoms with Crippen molar-refractivity contribution in [2.45, 2.75) is 26.7 Å². The van der Waals surface area contributed by atoms with Gasteiger partial charge >= 0.3 is 0 Å². The molecule has 142 valence electrons. The number of hydrogen-bond acceptors (Lipinski definition) is 5. The second-order valence-electron chi connectivity index (χ2n) is 6.48. The molecule has 0 bridgehead atoms. The zero-order chi connectivity index (χ0) is 19.2. The first-order chi connectivity index (χ1) is 13.2. The van der Waals surface area contributed by atoms with Gasteiger partial charge in [0.25, 0.3) is 5.91 Å². The summed E-state index contributed by atoms with van der Waals surface area (Å²) >= 11 is 0. The number of aromatic nitrogens is 2. The quantitative estimate of drug-likeness (QED) is 0.792. The van der Waals surface area contributed by atoms with Crippen LogP contribution in [0.15, 0.2) is 30.5 Å². The topological polar surface area (TPSA) is 78.4 Å². The normalized spacial score (nSPS) is 14.1. The Labute approximate surface area is 159 Å². The van der Waals surface area contributed by atoms with Crippen molar-refractivity contribution in [2.75, 3.05) is 36.4 Å². The molecule has 0 radical (unpaired) electrons. The van der Waals surface area contributed by atoms with E-state index in [-0.39, 0.29) is 5.91 Å². The minimum absolute atomic E-state index is 0.235. The summed E-state index contributed by atoms with van der Waals surface area (Å²) in [4.78, 5) is 36.1. The predicted octanol–water partition coefficient (Wildman–Crippen LogP) is 2.13. The van der Waals surface area contributed by atoms with Gasteiger partial charge in [-0.25, -0.2) is 9.97 Å². The van der Waals surface area contributed by atoms with Crippen molar-refractivity contribution in [3.05, 3.63) is 47.3 Å². The van der Waals surface area contributed by atoms with Crippen molar-refractivity contribution in [1.29, 1.82) is 0 Å². The van der Waals surface area contributed by atoms with E-state index in [4.69, 9.17) is 0 Å². The summed E-state index contributed by atoms with van der Waals surface area (Å²) in [5, 5.41) is 3.04. The molecule has 1 aliphatic rings. The lowest BCUT2D eigenvalue weighted by Gasteiger charge is -2.32. The third-order valence-corrected chi connectivity index (χ3v) is 4.86. The first-order valence-electron chi connectivity index (χ1n) is 9.35. The van der Waals surface area contributed by atoms with Gasteiger partial charge in [0.15, 0.2) is 0 Å². The van der Waals surface area contributed by atoms with E-state index in [1.54, 1.807) is 17.2 Å². The third-order valence-electron chi connectivity index (χ3n) is 4.86. The van der Waals surface area contributed by atoms with Gasteiger partial charge in [-0.2, -0.15) is 0 Å². The third kappa shape index (κ3) is 4.24. The van der Waals surface area contributed by atoms with Crippen LogP contribution in [0.2, 0.25) is 0 Å². The number of nitrogens with zero attached hydrogens (tertiary/aromatic N) is 4. The Morgan fingerprint density at radius 1 is 1.11 bits per heavy atom. The Bertz CT molecular complexity index is 794. The molecule has 1 saturated heterocycles. The number of aryl methyl sites for hydroxylation is 2. The molecule has 1 aromatic heterocycles. The first-order valence-corrected chi connectivity index (χ1v) is 9.35. The van der Waals surface area contributed by atoms with Crippen LogP contribution in [-0.2, 0) is 17.6 Å². The van der Waals surface area contributed by atoms with E-state index in [1.165, 1.54) is 0 Å². The second kappa shape index (κ2) is 8.62. The van der Waals surface area contributed by atoms with Crippen molar-refractivity contribution in [3.8, 4) is 0 Å². The van der Waals surface area contributed by atoms with Crippen molar-refractivity contribution < 1.29 is 9.59 Å². The molecule has 0 atom stereocenters. The Balaban J connectivity index is 1.78. The molecule has 2 amide bonds. The lowest BCUT2D eigenvalue weighted by atomic mass is 10.0. The number of piperazine rings is 1. The number of carbonyl (C=O) groups excluding carboxylic acids is 2. The van der Waals surface area contributed by atoms with Crippen molar-refractivity contribution in [3.63, 3.8) is 0 Å². The highest BCUT2D eigenvalue weighted by atomic mass is 16.2. The molecule has 0 aliphatic carbocycles. The SMILES string of the molecule is CCc1cccc(CC)c1NC(=O)c1ccnc(N2CCN(C=O)CC2)n1. The summed E-state index contributed by atoms with van der Waals surface area (Å²) in [5.41, 5.74) is 3.45. The van der Waals surface area contributed by atoms with Crippen LogP contribution in [0.25, 0.3) is 0 Å². The Hall–Kier alpha value is -2.96. The molecule has 1 fully saturated rings. The molecule has 0 spiro atoms. The summed E-state index contributed by atoms with van der Waals surface area (Å²) in [5.74, 6) is 0.286. The first kappa shape index (κ1) is 18.8. The van der Waals surface area contributed by atoms with E-state index in [1.807, 2.05) is 23.1 Å². The van der Waals surface area contributed by atoms with Crippen LogP contribution in [0.3, 0.4) is 0 Å². The summed E-state index contributed by atoms with van der Waals surface area (Å²) in [6, 6.07) is 7.72. The zero-order valence-corrected chi connectivity index (χ0v) is 15.8. The molecule has 1 aliphatic heterocycles. The number of benzene rings is 1. The fraction of sp³-hybridized carbons (Fsp3) is 0.400.